The molecule has 29 heavy (non-hydrogen) atoms. The molecule has 2 heterocycles. The maximum atomic E-state index is 5.73. The minimum Gasteiger partial charge on any atom is -0.376 e. The average Bonchev–Trinajstić information content (AvgIpc) is 3.41. The van der Waals surface area contributed by atoms with Gasteiger partial charge in [0.25, 0.3) is 0 Å². The first-order valence-corrected chi connectivity index (χ1v) is 11.6. The number of aromatic nitrogens is 1. The molecule has 1 fully saturated rings. The topological polar surface area (TPSA) is 38.9 Å². The molecular formula is C23H24BrN3OS. The highest BCUT2D eigenvalue weighted by molar-refractivity contribution is 9.10. The van der Waals surface area contributed by atoms with Crippen molar-refractivity contribution in [3.8, 4) is 11.3 Å². The molecule has 150 valence electrons. The molecule has 0 amide bonds. The zero-order valence-corrected chi connectivity index (χ0v) is 18.8. The maximum absolute atomic E-state index is 5.73. The summed E-state index contributed by atoms with van der Waals surface area (Å²) in [4.78, 5) is 5.71. The number of nitrogens with zero attached hydrogens (tertiary/aromatic N) is 3. The quantitative estimate of drug-likeness (QED) is 0.439. The SMILES string of the molecule is CCc1ccc(C=Nn2c(-c3ccc(Br)cc3)csc2=NCC2CCCO2)cc1. The molecule has 6 heteroatoms. The van der Waals surface area contributed by atoms with Crippen molar-refractivity contribution in [1.29, 1.82) is 0 Å². The van der Waals surface area contributed by atoms with Crippen molar-refractivity contribution < 1.29 is 4.74 Å². The summed E-state index contributed by atoms with van der Waals surface area (Å²) in [6.45, 7) is 3.69. The van der Waals surface area contributed by atoms with Crippen molar-refractivity contribution in [2.75, 3.05) is 13.2 Å². The number of benzene rings is 2. The van der Waals surface area contributed by atoms with Crippen molar-refractivity contribution in [2.24, 2.45) is 10.1 Å². The molecule has 1 saturated heterocycles. The summed E-state index contributed by atoms with van der Waals surface area (Å²) >= 11 is 5.13. The number of halogens is 1. The second kappa shape index (κ2) is 9.65. The van der Waals surface area contributed by atoms with Crippen LogP contribution >= 0.6 is 27.3 Å². The first-order valence-electron chi connectivity index (χ1n) is 9.95. The highest BCUT2D eigenvalue weighted by Gasteiger charge is 2.15. The molecule has 0 radical (unpaired) electrons. The van der Waals surface area contributed by atoms with Crippen LogP contribution in [0.25, 0.3) is 11.3 Å². The number of thiazole rings is 1. The van der Waals surface area contributed by atoms with Crippen LogP contribution in [0.1, 0.15) is 30.9 Å². The monoisotopic (exact) mass is 469 g/mol. The summed E-state index contributed by atoms with van der Waals surface area (Å²) in [5.74, 6) is 0. The normalized spacial score (nSPS) is 17.4. The van der Waals surface area contributed by atoms with E-state index < -0.39 is 0 Å². The van der Waals surface area contributed by atoms with Crippen LogP contribution in [0.2, 0.25) is 0 Å². The van der Waals surface area contributed by atoms with E-state index in [0.29, 0.717) is 6.54 Å². The third kappa shape index (κ3) is 5.13. The lowest BCUT2D eigenvalue weighted by Crippen LogP contribution is -2.17. The van der Waals surface area contributed by atoms with E-state index in [9.17, 15) is 0 Å². The fourth-order valence-electron chi connectivity index (χ4n) is 3.27. The Morgan fingerprint density at radius 3 is 2.66 bits per heavy atom. The first-order chi connectivity index (χ1) is 14.2. The summed E-state index contributed by atoms with van der Waals surface area (Å²) < 4.78 is 8.73. The van der Waals surface area contributed by atoms with E-state index in [0.717, 1.165) is 52.0 Å². The number of hydrogen-bond acceptors (Lipinski definition) is 4. The largest absolute Gasteiger partial charge is 0.376 e. The van der Waals surface area contributed by atoms with Crippen molar-refractivity contribution in [3.05, 3.63) is 74.3 Å². The lowest BCUT2D eigenvalue weighted by Gasteiger charge is -2.06. The van der Waals surface area contributed by atoms with E-state index in [1.807, 2.05) is 23.0 Å². The molecule has 4 nitrogen and oxygen atoms in total. The summed E-state index contributed by atoms with van der Waals surface area (Å²) in [7, 11) is 0. The minimum absolute atomic E-state index is 0.229. The van der Waals surface area contributed by atoms with Crippen LogP contribution in [0.4, 0.5) is 0 Å². The van der Waals surface area contributed by atoms with Crippen molar-refractivity contribution in [2.45, 2.75) is 32.3 Å². The second-order valence-corrected chi connectivity index (χ2v) is 8.79. The second-order valence-electron chi connectivity index (χ2n) is 7.04. The van der Waals surface area contributed by atoms with Gasteiger partial charge in [-0.15, -0.1) is 11.3 Å². The molecule has 0 saturated carbocycles. The Morgan fingerprint density at radius 2 is 1.97 bits per heavy atom. The molecule has 1 aliphatic rings. The van der Waals surface area contributed by atoms with Gasteiger partial charge in [-0.3, -0.25) is 4.99 Å². The van der Waals surface area contributed by atoms with Gasteiger partial charge in [0.2, 0.25) is 4.80 Å². The summed E-state index contributed by atoms with van der Waals surface area (Å²) in [6.07, 6.45) is 5.38. The number of rotatable bonds is 6. The highest BCUT2D eigenvalue weighted by Crippen LogP contribution is 2.22. The van der Waals surface area contributed by atoms with Gasteiger partial charge in [0.1, 0.15) is 0 Å². The molecule has 2 aromatic carbocycles. The van der Waals surface area contributed by atoms with E-state index >= 15 is 0 Å². The van der Waals surface area contributed by atoms with Gasteiger partial charge >= 0.3 is 0 Å². The first kappa shape index (κ1) is 20.3. The molecule has 0 spiro atoms. The van der Waals surface area contributed by atoms with Gasteiger partial charge in [0.05, 0.1) is 24.6 Å². The average molecular weight is 470 g/mol. The standard InChI is InChI=1S/C23H24BrN3OS/c1-2-17-5-7-18(8-6-17)14-26-27-22(19-9-11-20(24)12-10-19)16-29-23(27)25-15-21-4-3-13-28-21/h5-12,14,16,21H,2-4,13,15H2,1H3. The van der Waals surface area contributed by atoms with Crippen LogP contribution < -0.4 is 4.80 Å². The molecule has 0 bridgehead atoms. The van der Waals surface area contributed by atoms with Crippen molar-refractivity contribution in [1.82, 2.24) is 4.68 Å². The van der Waals surface area contributed by atoms with Gasteiger partial charge in [0, 0.05) is 22.0 Å². The fraction of sp³-hybridized carbons (Fsp3) is 0.304. The van der Waals surface area contributed by atoms with E-state index in [-0.39, 0.29) is 6.10 Å². The predicted molar refractivity (Wildman–Crippen MR) is 124 cm³/mol. The van der Waals surface area contributed by atoms with Crippen molar-refractivity contribution >= 4 is 33.5 Å². The van der Waals surface area contributed by atoms with E-state index in [1.54, 1.807) is 11.3 Å². The highest BCUT2D eigenvalue weighted by atomic mass is 79.9. The van der Waals surface area contributed by atoms with Gasteiger partial charge in [-0.05, 0) is 42.5 Å². The Bertz CT molecular complexity index is 1030. The third-order valence-corrected chi connectivity index (χ3v) is 6.37. The molecule has 4 rings (SSSR count). The van der Waals surface area contributed by atoms with Crippen LogP contribution in [0.15, 0.2) is 68.5 Å². The smallest absolute Gasteiger partial charge is 0.206 e. The molecule has 1 unspecified atom stereocenters. The molecular weight excluding hydrogens is 446 g/mol. The van der Waals surface area contributed by atoms with Gasteiger partial charge < -0.3 is 4.74 Å². The third-order valence-electron chi connectivity index (χ3n) is 4.99. The van der Waals surface area contributed by atoms with Crippen LogP contribution in [-0.4, -0.2) is 30.1 Å². The molecule has 3 aromatic rings. The lowest BCUT2D eigenvalue weighted by molar-refractivity contribution is 0.117. The summed E-state index contributed by atoms with van der Waals surface area (Å²) in [5.41, 5.74) is 4.55. The Kier molecular flexibility index (Phi) is 6.74. The zero-order valence-electron chi connectivity index (χ0n) is 16.4. The summed E-state index contributed by atoms with van der Waals surface area (Å²) in [5, 5.41) is 6.91. The molecule has 1 aliphatic heterocycles. The van der Waals surface area contributed by atoms with E-state index in [1.165, 1.54) is 5.56 Å². The predicted octanol–water partition coefficient (Wildman–Crippen LogP) is 5.50. The van der Waals surface area contributed by atoms with Gasteiger partial charge in [-0.25, -0.2) is 4.68 Å². The van der Waals surface area contributed by atoms with Gasteiger partial charge in [-0.1, -0.05) is 59.3 Å². The summed E-state index contributed by atoms with van der Waals surface area (Å²) in [6, 6.07) is 16.8. The number of hydrogen-bond donors (Lipinski definition) is 0. The van der Waals surface area contributed by atoms with Crippen molar-refractivity contribution in [3.63, 3.8) is 0 Å². The number of ether oxygens (including phenoxy) is 1. The zero-order chi connectivity index (χ0) is 20.1. The Balaban J connectivity index is 1.68. The van der Waals surface area contributed by atoms with Crippen LogP contribution in [0, 0.1) is 0 Å². The van der Waals surface area contributed by atoms with E-state index in [2.05, 4.69) is 64.6 Å². The molecule has 0 N–H and O–H groups in total. The van der Waals surface area contributed by atoms with Crippen LogP contribution in [0.3, 0.4) is 0 Å². The Labute approximate surface area is 183 Å². The Hall–Kier alpha value is -2.02. The van der Waals surface area contributed by atoms with Crippen LogP contribution in [-0.2, 0) is 11.2 Å². The molecule has 1 atom stereocenters. The molecule has 1 aromatic heterocycles. The van der Waals surface area contributed by atoms with Gasteiger partial charge in [0.15, 0.2) is 0 Å². The number of aryl methyl sites for hydroxylation is 1. The fourth-order valence-corrected chi connectivity index (χ4v) is 4.38. The Morgan fingerprint density at radius 1 is 1.17 bits per heavy atom. The lowest BCUT2D eigenvalue weighted by atomic mass is 10.1. The maximum Gasteiger partial charge on any atom is 0.206 e. The minimum atomic E-state index is 0.229. The van der Waals surface area contributed by atoms with Crippen LogP contribution in [0.5, 0.6) is 0 Å². The van der Waals surface area contributed by atoms with Gasteiger partial charge in [-0.2, -0.15) is 5.10 Å². The molecule has 0 aliphatic carbocycles. The van der Waals surface area contributed by atoms with E-state index in [4.69, 9.17) is 14.8 Å².